The standard InChI is InChI=1S/C29H32N8O2/c1-18(2)33-26-15-22(12-13-30-26)39-21-9-7-20(8-10-21)34-28(38)35-25-16-37(29(3,4)5)36-27(25)19-6-11-23-24(14-19)32-17-31-23/h6-18H,1-5H3,(H,30,33)(H,31,32)(H2,34,35,38). The highest BCUT2D eigenvalue weighted by atomic mass is 16.5. The van der Waals surface area contributed by atoms with Crippen molar-refractivity contribution in [2.45, 2.75) is 46.2 Å². The smallest absolute Gasteiger partial charge is 0.323 e. The maximum atomic E-state index is 13.0. The minimum absolute atomic E-state index is 0.264. The van der Waals surface area contributed by atoms with E-state index in [2.05, 4.69) is 65.5 Å². The molecule has 4 N–H and O–H groups in total. The number of ether oxygens (including phenoxy) is 1. The quantitative estimate of drug-likeness (QED) is 0.185. The van der Waals surface area contributed by atoms with Crippen LogP contribution in [0.25, 0.3) is 22.3 Å². The summed E-state index contributed by atoms with van der Waals surface area (Å²) < 4.78 is 7.80. The Balaban J connectivity index is 1.29. The number of urea groups is 1. The molecule has 0 aliphatic carbocycles. The molecule has 0 fully saturated rings. The van der Waals surface area contributed by atoms with Crippen molar-refractivity contribution in [3.63, 3.8) is 0 Å². The number of anilines is 3. The van der Waals surface area contributed by atoms with Crippen LogP contribution in [0.3, 0.4) is 0 Å². The van der Waals surface area contributed by atoms with Gasteiger partial charge in [-0.25, -0.2) is 14.8 Å². The molecule has 5 aromatic rings. The van der Waals surface area contributed by atoms with E-state index in [9.17, 15) is 4.79 Å². The molecule has 0 saturated heterocycles. The van der Waals surface area contributed by atoms with Gasteiger partial charge < -0.3 is 25.7 Å². The lowest BCUT2D eigenvalue weighted by Gasteiger charge is -2.18. The minimum Gasteiger partial charge on any atom is -0.457 e. The van der Waals surface area contributed by atoms with E-state index in [1.54, 1.807) is 42.9 Å². The van der Waals surface area contributed by atoms with Crippen molar-refractivity contribution in [1.29, 1.82) is 0 Å². The van der Waals surface area contributed by atoms with E-state index in [-0.39, 0.29) is 17.6 Å². The summed E-state index contributed by atoms with van der Waals surface area (Å²) in [5.41, 5.74) is 4.27. The zero-order chi connectivity index (χ0) is 27.6. The largest absolute Gasteiger partial charge is 0.457 e. The number of fused-ring (bicyclic) bond motifs is 1. The van der Waals surface area contributed by atoms with Gasteiger partial charge >= 0.3 is 6.03 Å². The van der Waals surface area contributed by atoms with Crippen LogP contribution in [-0.2, 0) is 5.54 Å². The number of rotatable bonds is 7. The molecule has 0 saturated carbocycles. The summed E-state index contributed by atoms with van der Waals surface area (Å²) in [5.74, 6) is 2.06. The van der Waals surface area contributed by atoms with Crippen molar-refractivity contribution in [2.75, 3.05) is 16.0 Å². The first-order chi connectivity index (χ1) is 18.6. The Morgan fingerprint density at radius 2 is 1.77 bits per heavy atom. The minimum atomic E-state index is -0.375. The Hall–Kier alpha value is -4.86. The van der Waals surface area contributed by atoms with Gasteiger partial charge in [0.15, 0.2) is 0 Å². The lowest BCUT2D eigenvalue weighted by molar-refractivity contribution is 0.262. The SMILES string of the molecule is CC(C)Nc1cc(Oc2ccc(NC(=O)Nc3cn(C(C)(C)C)nc3-c3ccc4nc[nH]c4c3)cc2)ccn1. The number of benzene rings is 2. The first-order valence-corrected chi connectivity index (χ1v) is 12.8. The summed E-state index contributed by atoms with van der Waals surface area (Å²) in [4.78, 5) is 24.7. The van der Waals surface area contributed by atoms with Crippen molar-refractivity contribution in [3.8, 4) is 22.8 Å². The van der Waals surface area contributed by atoms with Crippen LogP contribution in [0, 0.1) is 0 Å². The van der Waals surface area contributed by atoms with Gasteiger partial charge in [-0.2, -0.15) is 5.10 Å². The number of hydrogen-bond donors (Lipinski definition) is 4. The maximum Gasteiger partial charge on any atom is 0.323 e. The van der Waals surface area contributed by atoms with Crippen molar-refractivity contribution in [2.24, 2.45) is 0 Å². The maximum absolute atomic E-state index is 13.0. The molecule has 0 radical (unpaired) electrons. The van der Waals surface area contributed by atoms with E-state index in [0.717, 1.165) is 22.4 Å². The Kier molecular flexibility index (Phi) is 6.93. The van der Waals surface area contributed by atoms with Crippen LogP contribution in [0.15, 0.2) is 73.3 Å². The van der Waals surface area contributed by atoms with E-state index in [4.69, 9.17) is 9.84 Å². The fraction of sp³-hybridized carbons (Fsp3) is 0.241. The van der Waals surface area contributed by atoms with E-state index in [1.165, 1.54) is 0 Å². The van der Waals surface area contributed by atoms with Gasteiger partial charge in [-0.3, -0.25) is 4.68 Å². The third-order valence-corrected chi connectivity index (χ3v) is 5.86. The van der Waals surface area contributed by atoms with Crippen LogP contribution in [0.4, 0.5) is 22.0 Å². The second kappa shape index (κ2) is 10.5. The van der Waals surface area contributed by atoms with Gasteiger partial charge in [-0.1, -0.05) is 6.07 Å². The van der Waals surface area contributed by atoms with Gasteiger partial charge in [0, 0.05) is 35.8 Å². The predicted molar refractivity (Wildman–Crippen MR) is 154 cm³/mol. The number of imidazole rings is 1. The molecule has 0 aliphatic rings. The predicted octanol–water partition coefficient (Wildman–Crippen LogP) is 6.83. The molecule has 0 bridgehead atoms. The van der Waals surface area contributed by atoms with Crippen LogP contribution >= 0.6 is 0 Å². The number of H-pyrrole nitrogens is 1. The highest BCUT2D eigenvalue weighted by molar-refractivity contribution is 6.02. The molecule has 3 heterocycles. The summed E-state index contributed by atoms with van der Waals surface area (Å²) in [6, 6.07) is 16.6. The Bertz CT molecular complexity index is 1600. The van der Waals surface area contributed by atoms with Crippen molar-refractivity contribution < 1.29 is 9.53 Å². The molecule has 0 atom stereocenters. The first-order valence-electron chi connectivity index (χ1n) is 12.8. The molecule has 3 aromatic heterocycles. The zero-order valence-electron chi connectivity index (χ0n) is 22.6. The number of amides is 2. The number of pyridine rings is 1. The number of hydrogen-bond acceptors (Lipinski definition) is 6. The average molecular weight is 525 g/mol. The Morgan fingerprint density at radius 3 is 2.51 bits per heavy atom. The van der Waals surface area contributed by atoms with Gasteiger partial charge in [0.05, 0.1) is 28.6 Å². The molecule has 5 rings (SSSR count). The van der Waals surface area contributed by atoms with E-state index in [1.807, 2.05) is 35.1 Å². The summed E-state index contributed by atoms with van der Waals surface area (Å²) >= 11 is 0. The molecule has 0 aliphatic heterocycles. The number of carbonyl (C=O) groups excluding carboxylic acids is 1. The fourth-order valence-corrected chi connectivity index (χ4v) is 3.98. The van der Waals surface area contributed by atoms with Crippen molar-refractivity contribution in [1.82, 2.24) is 24.7 Å². The topological polar surface area (TPSA) is 122 Å². The molecule has 2 aromatic carbocycles. The third kappa shape index (κ3) is 6.18. The number of nitrogens with one attached hydrogen (secondary N) is 4. The van der Waals surface area contributed by atoms with Gasteiger partial charge in [-0.05, 0) is 77.1 Å². The van der Waals surface area contributed by atoms with Gasteiger partial charge in [-0.15, -0.1) is 0 Å². The summed E-state index contributed by atoms with van der Waals surface area (Å²) in [6.45, 7) is 10.3. The zero-order valence-corrected chi connectivity index (χ0v) is 22.6. The number of aromatic amines is 1. The average Bonchev–Trinajstić information content (AvgIpc) is 3.51. The molecule has 2 amide bonds. The number of aromatic nitrogens is 5. The fourth-order valence-electron chi connectivity index (χ4n) is 3.98. The van der Waals surface area contributed by atoms with Crippen LogP contribution in [0.1, 0.15) is 34.6 Å². The molecule has 200 valence electrons. The second-order valence-corrected chi connectivity index (χ2v) is 10.5. The van der Waals surface area contributed by atoms with E-state index < -0.39 is 0 Å². The van der Waals surface area contributed by atoms with Gasteiger partial charge in [0.2, 0.25) is 0 Å². The van der Waals surface area contributed by atoms with Gasteiger partial charge in [0.25, 0.3) is 0 Å². The second-order valence-electron chi connectivity index (χ2n) is 10.5. The van der Waals surface area contributed by atoms with Crippen LogP contribution in [0.2, 0.25) is 0 Å². The number of nitrogens with zero attached hydrogens (tertiary/aromatic N) is 4. The highest BCUT2D eigenvalue weighted by Crippen LogP contribution is 2.31. The third-order valence-electron chi connectivity index (χ3n) is 5.86. The lowest BCUT2D eigenvalue weighted by atomic mass is 10.1. The summed E-state index contributed by atoms with van der Waals surface area (Å²) in [5, 5.41) is 13.9. The normalized spacial score (nSPS) is 11.5. The lowest BCUT2D eigenvalue weighted by Crippen LogP contribution is -2.22. The Labute approximate surface area is 226 Å². The van der Waals surface area contributed by atoms with Gasteiger partial charge in [0.1, 0.15) is 23.0 Å². The number of carbonyl (C=O) groups is 1. The molecule has 10 heteroatoms. The molecule has 0 unspecified atom stereocenters. The first kappa shape index (κ1) is 25.8. The summed E-state index contributed by atoms with van der Waals surface area (Å²) in [7, 11) is 0. The van der Waals surface area contributed by atoms with Crippen molar-refractivity contribution in [3.05, 3.63) is 73.3 Å². The highest BCUT2D eigenvalue weighted by Gasteiger charge is 2.21. The molecular formula is C29H32N8O2. The summed E-state index contributed by atoms with van der Waals surface area (Å²) in [6.07, 6.45) is 5.20. The van der Waals surface area contributed by atoms with E-state index in [0.29, 0.717) is 28.6 Å². The van der Waals surface area contributed by atoms with Crippen LogP contribution in [0.5, 0.6) is 11.5 Å². The molecule has 0 spiro atoms. The molecule has 39 heavy (non-hydrogen) atoms. The molecular weight excluding hydrogens is 492 g/mol. The van der Waals surface area contributed by atoms with Crippen LogP contribution < -0.4 is 20.7 Å². The monoisotopic (exact) mass is 524 g/mol. The van der Waals surface area contributed by atoms with Crippen LogP contribution in [-0.4, -0.2) is 36.8 Å². The van der Waals surface area contributed by atoms with Crippen molar-refractivity contribution >= 4 is 34.3 Å². The Morgan fingerprint density at radius 1 is 0.974 bits per heavy atom. The van der Waals surface area contributed by atoms with E-state index >= 15 is 0 Å². The molecule has 10 nitrogen and oxygen atoms in total.